The van der Waals surface area contributed by atoms with Crippen molar-refractivity contribution in [2.75, 3.05) is 72.8 Å². The lowest BCUT2D eigenvalue weighted by Gasteiger charge is -2.26. The number of sulfone groups is 1. The SMILES string of the molecule is C.C.O=Cc1ccc(-c2ccc3ncnc(Nc4ccc(OCc5cccc(F)c5)c(Cl)c4)c3c2)o1.[2H]C([2H])(N)C([2H])([2H])S(=O)(=O)C([2H])([2H])[2H].[2H]C([2H])([2H])OOSC([2H])([2H])C([2H])([2H])N(Cc1ccc(-c2ccc3ncnc(Nc4ccc(OCc5cccc(F)c5)c(Cl)c4)c3c2)o1)C(=O)OC(C)(C)C.[2H]C([2H])([2H])OOSC([2H])([2H])C([2H])([2H])NCc1ccc(-c2ccc3ncnc(Nc4ccc(OCc5cccc(F)c5)c(Cl)c4)c3c2)o1. The van der Waals surface area contributed by atoms with Gasteiger partial charge in [0, 0.05) is 129 Å². The van der Waals surface area contributed by atoms with Crippen molar-refractivity contribution in [3.63, 3.8) is 0 Å². The van der Waals surface area contributed by atoms with Crippen molar-refractivity contribution in [2.45, 2.75) is 74.1 Å². The second-order valence-corrected chi connectivity index (χ2v) is 30.8. The monoisotopic (exact) mass is 1910 g/mol. The number of fused-ring (bicyclic) bond motifs is 3. The first-order valence-electron chi connectivity index (χ1n) is 47.9. The zero-order chi connectivity index (χ0) is 109. The van der Waals surface area contributed by atoms with Gasteiger partial charge in [-0.25, -0.2) is 66.1 Å². The van der Waals surface area contributed by atoms with Crippen molar-refractivity contribution < 1.29 is 111 Å². The lowest BCUT2D eigenvalue weighted by atomic mass is 10.1. The van der Waals surface area contributed by atoms with Crippen LogP contribution in [0.15, 0.2) is 251 Å². The van der Waals surface area contributed by atoms with Crippen molar-refractivity contribution in [3.05, 3.63) is 304 Å². The lowest BCUT2D eigenvalue weighted by molar-refractivity contribution is -0.160. The molecule has 0 saturated carbocycles. The average molecular weight is 1910 g/mol. The Bertz CT molecular complexity index is 7400. The molecule has 680 valence electrons. The Morgan fingerprint density at radius 3 is 1.33 bits per heavy atom. The Morgan fingerprint density at radius 2 is 0.946 bits per heavy atom. The largest absolute Gasteiger partial charge is 0.487 e. The molecular formula is C94H94Cl3F3N12O15S3. The van der Waals surface area contributed by atoms with E-state index < -0.39 is 84.9 Å². The zero-order valence-corrected chi connectivity index (χ0v) is 71.7. The van der Waals surface area contributed by atoms with Crippen molar-refractivity contribution >= 4 is 148 Å². The number of benzene rings is 9. The van der Waals surface area contributed by atoms with Gasteiger partial charge in [-0.05, 0) is 219 Å². The van der Waals surface area contributed by atoms with E-state index in [-0.39, 0.29) is 94.3 Å². The molecule has 1 amide bonds. The van der Waals surface area contributed by atoms with Gasteiger partial charge >= 0.3 is 6.09 Å². The molecule has 0 aliphatic heterocycles. The molecular weight excluding hydrogens is 1800 g/mol. The minimum atomic E-state index is -5.30. The smallest absolute Gasteiger partial charge is 0.410 e. The van der Waals surface area contributed by atoms with Crippen LogP contribution in [0.1, 0.15) is 103 Å². The number of rotatable bonds is 35. The summed E-state index contributed by atoms with van der Waals surface area (Å²) in [5.41, 5.74) is 2.06. The standard InChI is InChI=1S/C34H34ClFN4O6S.C29H26ClFN4O4S.C26H17ClFN3O3.C3H9NO2S.2CH4/c1-34(2,3)45-33(41)40(14-15-47-46-42-4)19-26-10-13-30(44-26)23-8-11-29-27(17-23)32(38-21-37-29)39-25-9-12-31(28(35)18-25)43-20-22-6-5-7-24(36)16-22;1-36-39-40-12-11-32-16-23-7-10-27(38-23)20-5-8-26-24(14-20)29(34-18-33-26)35-22-6-9-28(25(30)15-22)37-17-19-3-2-4-21(31)13-19;27-22-12-19(5-8-25(22)33-14-16-2-1-3-18(28)10-16)31-26-21-11-17(4-7-23(21)29-15-30-26)24-9-6-20(13-32)34-24;1-7(5,6)3-2-4;;/h5-13,16-18,21H,14-15,19-20H2,1-4H3,(H,37,38,39);2-10,13-15,18,32H,11-12,16-17H2,1H3,(H,33,34,35);1-13,15H,14H2,(H,29,30,31);2-4H2,1H3;2*1H4/i4D3,14D2,15D2;1D3,11D2,12D2;;1D3,2D2,3D2;;. The maximum atomic E-state index is 13.5. The van der Waals surface area contributed by atoms with Crippen LogP contribution < -0.4 is 41.2 Å². The molecule has 0 fully saturated rings. The summed E-state index contributed by atoms with van der Waals surface area (Å²) in [4.78, 5) is 59.1. The molecule has 27 nitrogen and oxygen atoms in total. The van der Waals surface area contributed by atoms with Crippen LogP contribution in [0.5, 0.6) is 17.2 Å². The summed E-state index contributed by atoms with van der Waals surface area (Å²) in [6, 6.07) is 59.9. The molecule has 15 rings (SSSR count). The number of halogens is 6. The van der Waals surface area contributed by atoms with E-state index in [1.165, 1.54) is 61.4 Å². The molecule has 0 unspecified atom stereocenters. The van der Waals surface area contributed by atoms with E-state index in [1.807, 2.05) is 30.3 Å². The summed E-state index contributed by atoms with van der Waals surface area (Å²) < 4.78 is 266. The molecule has 6 heterocycles. The minimum Gasteiger partial charge on any atom is -0.487 e. The number of carbonyl (C=O) groups is 2. The van der Waals surface area contributed by atoms with Crippen molar-refractivity contribution in [1.29, 1.82) is 0 Å². The van der Waals surface area contributed by atoms with Gasteiger partial charge in [0.15, 0.2) is 12.0 Å². The van der Waals surface area contributed by atoms with Crippen LogP contribution in [0.3, 0.4) is 0 Å². The van der Waals surface area contributed by atoms with Crippen LogP contribution >= 0.6 is 58.9 Å². The Labute approximate surface area is 802 Å². The molecule has 0 atom stereocenters. The van der Waals surface area contributed by atoms with Crippen LogP contribution in [-0.4, -0.2) is 118 Å². The third kappa shape index (κ3) is 30.1. The molecule has 0 radical (unpaired) electrons. The normalized spacial score (nSPS) is 14.4. The molecule has 15 aromatic rings. The number of hydrogen-bond donors (Lipinski definition) is 5. The maximum absolute atomic E-state index is 13.5. The molecule has 36 heteroatoms. The summed E-state index contributed by atoms with van der Waals surface area (Å²) in [7, 11) is -11.3. The first-order chi connectivity index (χ1) is 69.7. The van der Waals surface area contributed by atoms with Crippen molar-refractivity contribution in [1.82, 2.24) is 40.1 Å². The predicted molar refractivity (Wildman–Crippen MR) is 505 cm³/mol. The second-order valence-electron chi connectivity index (χ2n) is 27.4. The molecule has 0 bridgehead atoms. The zero-order valence-electron chi connectivity index (χ0n) is 88.0. The van der Waals surface area contributed by atoms with Gasteiger partial charge in [-0.1, -0.05) is 86.1 Å². The highest BCUT2D eigenvalue weighted by Crippen LogP contribution is 2.38. The Morgan fingerprint density at radius 1 is 0.531 bits per heavy atom. The van der Waals surface area contributed by atoms with Crippen LogP contribution in [0.2, 0.25) is 15.1 Å². The summed E-state index contributed by atoms with van der Waals surface area (Å²) in [6.45, 7) is -4.74. The first-order valence-corrected chi connectivity index (χ1v) is 41.5. The number of furan rings is 3. The van der Waals surface area contributed by atoms with Crippen LogP contribution in [-0.2, 0) is 65.9 Å². The molecule has 9 aromatic carbocycles. The van der Waals surface area contributed by atoms with E-state index in [0.29, 0.717) is 151 Å². The number of aldehydes is 1. The topological polar surface area (TPSA) is 336 Å². The second kappa shape index (κ2) is 48.9. The van der Waals surface area contributed by atoms with Gasteiger partial charge in [-0.3, -0.25) is 9.69 Å². The highest BCUT2D eigenvalue weighted by atomic mass is 35.5. The molecule has 0 aliphatic carbocycles. The van der Waals surface area contributed by atoms with Crippen LogP contribution in [0.4, 0.5) is 52.5 Å². The number of carbonyl (C=O) groups excluding carboxylic acids is 2. The number of nitrogens with two attached hydrogens (primary N) is 1. The number of amides is 1. The lowest BCUT2D eigenvalue weighted by Crippen LogP contribution is -2.37. The third-order valence-corrected chi connectivity index (χ3v) is 19.1. The number of hydrogen-bond acceptors (Lipinski definition) is 28. The molecule has 130 heavy (non-hydrogen) atoms. The first kappa shape index (κ1) is 73.4. The molecule has 0 spiro atoms. The molecule has 0 saturated heterocycles. The van der Waals surface area contributed by atoms with E-state index in [1.54, 1.807) is 166 Å². The summed E-state index contributed by atoms with van der Waals surface area (Å²) in [5.74, 6) is 3.77. The van der Waals surface area contributed by atoms with Crippen molar-refractivity contribution in [3.8, 4) is 51.2 Å². The van der Waals surface area contributed by atoms with E-state index in [4.69, 9.17) is 95.8 Å². The maximum Gasteiger partial charge on any atom is 0.410 e. The fraction of sp³-hybridized carbons (Fsp3) is 0.213. The van der Waals surface area contributed by atoms with Crippen LogP contribution in [0.25, 0.3) is 66.7 Å². The van der Waals surface area contributed by atoms with Crippen molar-refractivity contribution in [2.24, 2.45) is 5.73 Å². The Kier molecular flexibility index (Phi) is 27.6. The highest BCUT2D eigenvalue weighted by Gasteiger charge is 2.25. The summed E-state index contributed by atoms with van der Waals surface area (Å²) in [6.07, 6.45) is 0.101. The number of nitrogens with one attached hydrogen (secondary N) is 4. The number of ether oxygens (including phenoxy) is 4. The van der Waals surface area contributed by atoms with E-state index >= 15 is 0 Å². The Balaban J connectivity index is 0.000000219. The molecule has 6 N–H and O–H groups in total. The fourth-order valence-electron chi connectivity index (χ4n) is 11.6. The van der Waals surface area contributed by atoms with Gasteiger partial charge in [-0.15, -0.1) is 0 Å². The van der Waals surface area contributed by atoms with Crippen LogP contribution in [0, 0.1) is 17.5 Å². The number of anilines is 6. The van der Waals surface area contributed by atoms with Gasteiger partial charge in [0.2, 0.25) is 0 Å². The van der Waals surface area contributed by atoms with E-state index in [9.17, 15) is 31.2 Å². The van der Waals surface area contributed by atoms with Gasteiger partial charge in [0.1, 0.15) is 135 Å². The fourth-order valence-corrected chi connectivity index (χ4v) is 12.9. The number of aromatic nitrogens is 6. The minimum absolute atomic E-state index is 0. The van der Waals surface area contributed by atoms with E-state index in [0.717, 1.165) is 16.5 Å². The average Bonchev–Trinajstić information content (AvgIpc) is 1.24. The van der Waals surface area contributed by atoms with Gasteiger partial charge in [-0.2, -0.15) is 8.67 Å². The van der Waals surface area contributed by atoms with Gasteiger partial charge in [0.05, 0.1) is 75.5 Å². The summed E-state index contributed by atoms with van der Waals surface area (Å²) in [5, 5.41) is 15.3. The van der Waals surface area contributed by atoms with Gasteiger partial charge < -0.3 is 59.2 Å². The predicted octanol–water partition coefficient (Wildman–Crippen LogP) is 23.4. The summed E-state index contributed by atoms with van der Waals surface area (Å²) >= 11 is 19.0. The third-order valence-electron chi connectivity index (χ3n) is 17.2. The molecule has 0 aliphatic rings. The van der Waals surface area contributed by atoms with Gasteiger partial charge in [0.25, 0.3) is 0 Å². The molecule has 6 aromatic heterocycles. The van der Waals surface area contributed by atoms with E-state index in [2.05, 4.69) is 75.3 Å². The quantitative estimate of drug-likeness (QED) is 0.0107. The highest BCUT2D eigenvalue weighted by molar-refractivity contribution is 7.94. The Hall–Kier alpha value is -12.4. The number of nitrogens with zero attached hydrogens (tertiary/aromatic N) is 7.